The average Bonchev–Trinajstić information content (AvgIpc) is 2.45. The monoisotopic (exact) mass is 194 g/mol. The van der Waals surface area contributed by atoms with Crippen LogP contribution in [0.3, 0.4) is 0 Å². The summed E-state index contributed by atoms with van der Waals surface area (Å²) in [6.07, 6.45) is 12.8. The summed E-state index contributed by atoms with van der Waals surface area (Å²) in [6.45, 7) is 6.30. The molecular formula is C14H26. The van der Waals surface area contributed by atoms with Gasteiger partial charge in [-0.05, 0) is 44.4 Å². The molecule has 0 amide bonds. The van der Waals surface area contributed by atoms with Crippen molar-refractivity contribution in [2.24, 2.45) is 11.8 Å². The molecule has 0 saturated heterocycles. The second-order valence-corrected chi connectivity index (χ2v) is 4.63. The van der Waals surface area contributed by atoms with E-state index in [0.29, 0.717) is 0 Å². The lowest BCUT2D eigenvalue weighted by Gasteiger charge is -2.29. The summed E-state index contributed by atoms with van der Waals surface area (Å²) >= 11 is 0. The molecule has 0 aliphatic heterocycles. The predicted molar refractivity (Wildman–Crippen MR) is 64.4 cm³/mol. The van der Waals surface area contributed by atoms with Gasteiger partial charge in [0.25, 0.3) is 0 Å². The Morgan fingerprint density at radius 2 is 1.64 bits per heavy atom. The highest BCUT2D eigenvalue weighted by molar-refractivity contribution is 5.02. The largest absolute Gasteiger partial charge is 0.0853 e. The number of fused-ring (bicyclic) bond motifs is 1. The number of allylic oxidation sites excluding steroid dienone is 2. The molecular weight excluding hydrogens is 168 g/mol. The van der Waals surface area contributed by atoms with Crippen LogP contribution in [0.25, 0.3) is 0 Å². The molecule has 0 aromatic heterocycles. The van der Waals surface area contributed by atoms with Crippen LogP contribution in [0.5, 0.6) is 0 Å². The number of hydrogen-bond acceptors (Lipinski definition) is 0. The Morgan fingerprint density at radius 3 is 2.36 bits per heavy atom. The fraction of sp³-hybridized carbons (Fsp3) is 0.857. The van der Waals surface area contributed by atoms with Crippen LogP contribution in [0.2, 0.25) is 0 Å². The van der Waals surface area contributed by atoms with Crippen LogP contribution in [0.15, 0.2) is 11.6 Å². The topological polar surface area (TPSA) is 0 Å². The summed E-state index contributed by atoms with van der Waals surface area (Å²) in [6, 6.07) is 0. The van der Waals surface area contributed by atoms with E-state index in [9.17, 15) is 0 Å². The van der Waals surface area contributed by atoms with E-state index in [1.165, 1.54) is 44.9 Å². The maximum atomic E-state index is 2.50. The second kappa shape index (κ2) is 6.27. The van der Waals surface area contributed by atoms with Gasteiger partial charge in [-0.2, -0.15) is 0 Å². The standard InChI is InChI=1S/C12H20.C2H6/c1-10-6-8-11-4-2-3-5-12(11)9-7-10;1-2/h6,11-12H,2-5,7-9H2,1H3;1-2H3. The molecule has 2 aliphatic carbocycles. The van der Waals surface area contributed by atoms with Crippen LogP contribution in [0.1, 0.15) is 65.7 Å². The molecule has 0 heteroatoms. The van der Waals surface area contributed by atoms with Crippen LogP contribution in [-0.4, -0.2) is 0 Å². The van der Waals surface area contributed by atoms with E-state index in [1.54, 1.807) is 5.57 Å². The summed E-state index contributed by atoms with van der Waals surface area (Å²) in [5.74, 6) is 2.13. The minimum absolute atomic E-state index is 1.05. The Labute approximate surface area is 89.8 Å². The Hall–Kier alpha value is -0.260. The quantitative estimate of drug-likeness (QED) is 0.479. The zero-order valence-electron chi connectivity index (χ0n) is 10.2. The molecule has 0 spiro atoms. The average molecular weight is 194 g/mol. The zero-order chi connectivity index (χ0) is 10.4. The van der Waals surface area contributed by atoms with Crippen LogP contribution in [0, 0.1) is 11.8 Å². The van der Waals surface area contributed by atoms with Crippen LogP contribution in [0.4, 0.5) is 0 Å². The molecule has 14 heavy (non-hydrogen) atoms. The molecule has 0 aromatic carbocycles. The first kappa shape index (κ1) is 11.8. The first-order valence-electron chi connectivity index (χ1n) is 6.52. The van der Waals surface area contributed by atoms with Crippen molar-refractivity contribution in [3.05, 3.63) is 11.6 Å². The van der Waals surface area contributed by atoms with E-state index in [4.69, 9.17) is 0 Å². The van der Waals surface area contributed by atoms with Crippen molar-refractivity contribution in [1.29, 1.82) is 0 Å². The second-order valence-electron chi connectivity index (χ2n) is 4.63. The van der Waals surface area contributed by atoms with Gasteiger partial charge >= 0.3 is 0 Å². The minimum atomic E-state index is 1.05. The number of rotatable bonds is 0. The van der Waals surface area contributed by atoms with Gasteiger partial charge in [0.1, 0.15) is 0 Å². The summed E-state index contributed by atoms with van der Waals surface area (Å²) in [4.78, 5) is 0. The molecule has 2 atom stereocenters. The molecule has 2 unspecified atom stereocenters. The molecule has 82 valence electrons. The van der Waals surface area contributed by atoms with Crippen LogP contribution in [-0.2, 0) is 0 Å². The molecule has 0 radical (unpaired) electrons. The van der Waals surface area contributed by atoms with Gasteiger partial charge in [0, 0.05) is 0 Å². The van der Waals surface area contributed by atoms with E-state index >= 15 is 0 Å². The van der Waals surface area contributed by atoms with Gasteiger partial charge < -0.3 is 0 Å². The van der Waals surface area contributed by atoms with Crippen molar-refractivity contribution >= 4 is 0 Å². The maximum Gasteiger partial charge on any atom is -0.0317 e. The lowest BCUT2D eigenvalue weighted by Crippen LogP contribution is -2.17. The minimum Gasteiger partial charge on any atom is -0.0853 e. The Morgan fingerprint density at radius 1 is 1.00 bits per heavy atom. The molecule has 0 nitrogen and oxygen atoms in total. The van der Waals surface area contributed by atoms with Gasteiger partial charge in [-0.15, -0.1) is 0 Å². The van der Waals surface area contributed by atoms with Gasteiger partial charge in [0.05, 0.1) is 0 Å². The van der Waals surface area contributed by atoms with Gasteiger partial charge in [-0.3, -0.25) is 0 Å². The zero-order valence-corrected chi connectivity index (χ0v) is 10.2. The third-order valence-electron chi connectivity index (χ3n) is 3.75. The number of hydrogen-bond donors (Lipinski definition) is 0. The third kappa shape index (κ3) is 3.15. The van der Waals surface area contributed by atoms with E-state index in [0.717, 1.165) is 11.8 Å². The highest BCUT2D eigenvalue weighted by atomic mass is 14.3. The SMILES string of the molecule is CC.CC1=CCC2CCCCC2CC1. The predicted octanol–water partition coefficient (Wildman–Crippen LogP) is 4.95. The van der Waals surface area contributed by atoms with Crippen LogP contribution < -0.4 is 0 Å². The van der Waals surface area contributed by atoms with Crippen molar-refractivity contribution in [3.8, 4) is 0 Å². The van der Waals surface area contributed by atoms with Gasteiger partial charge in [0.15, 0.2) is 0 Å². The summed E-state index contributed by atoms with van der Waals surface area (Å²) < 4.78 is 0. The summed E-state index contributed by atoms with van der Waals surface area (Å²) in [5.41, 5.74) is 1.64. The summed E-state index contributed by atoms with van der Waals surface area (Å²) in [5, 5.41) is 0. The maximum absolute atomic E-state index is 2.50. The van der Waals surface area contributed by atoms with Gasteiger partial charge in [-0.1, -0.05) is 44.8 Å². The first-order valence-corrected chi connectivity index (χ1v) is 6.52. The molecule has 2 aliphatic rings. The molecule has 1 fully saturated rings. The van der Waals surface area contributed by atoms with Crippen molar-refractivity contribution in [2.75, 3.05) is 0 Å². The highest BCUT2D eigenvalue weighted by Gasteiger charge is 2.25. The van der Waals surface area contributed by atoms with Crippen molar-refractivity contribution < 1.29 is 0 Å². The molecule has 2 rings (SSSR count). The Balaban J connectivity index is 0.000000461. The normalized spacial score (nSPS) is 31.8. The van der Waals surface area contributed by atoms with E-state index < -0.39 is 0 Å². The van der Waals surface area contributed by atoms with E-state index in [1.807, 2.05) is 13.8 Å². The van der Waals surface area contributed by atoms with Crippen molar-refractivity contribution in [2.45, 2.75) is 65.7 Å². The lowest BCUT2D eigenvalue weighted by molar-refractivity contribution is 0.231. The third-order valence-corrected chi connectivity index (χ3v) is 3.75. The van der Waals surface area contributed by atoms with Crippen molar-refractivity contribution in [3.63, 3.8) is 0 Å². The Bertz CT molecular complexity index is 178. The van der Waals surface area contributed by atoms with Gasteiger partial charge in [0.2, 0.25) is 0 Å². The first-order chi connectivity index (χ1) is 6.86. The molecule has 1 saturated carbocycles. The molecule has 0 heterocycles. The van der Waals surface area contributed by atoms with Crippen LogP contribution >= 0.6 is 0 Å². The smallest absolute Gasteiger partial charge is 0.0317 e. The van der Waals surface area contributed by atoms with E-state index in [2.05, 4.69) is 13.0 Å². The summed E-state index contributed by atoms with van der Waals surface area (Å²) in [7, 11) is 0. The molecule has 0 aromatic rings. The fourth-order valence-electron chi connectivity index (χ4n) is 2.84. The fourth-order valence-corrected chi connectivity index (χ4v) is 2.84. The lowest BCUT2D eigenvalue weighted by atomic mass is 9.76. The molecule has 0 N–H and O–H groups in total. The molecule has 0 bridgehead atoms. The van der Waals surface area contributed by atoms with Gasteiger partial charge in [-0.25, -0.2) is 0 Å². The Kier molecular flexibility index (Phi) is 5.29. The van der Waals surface area contributed by atoms with Crippen molar-refractivity contribution in [1.82, 2.24) is 0 Å². The highest BCUT2D eigenvalue weighted by Crippen LogP contribution is 2.38. The van der Waals surface area contributed by atoms with E-state index in [-0.39, 0.29) is 0 Å².